The minimum absolute atomic E-state index is 0.170. The lowest BCUT2D eigenvalue weighted by atomic mass is 10.1. The van der Waals surface area contributed by atoms with Gasteiger partial charge in [-0.1, -0.05) is 31.9 Å². The number of hydrogen-bond acceptors (Lipinski definition) is 2. The third kappa shape index (κ3) is 3.38. The Morgan fingerprint density at radius 3 is 2.55 bits per heavy atom. The van der Waals surface area contributed by atoms with Crippen LogP contribution >= 0.6 is 31.9 Å². The van der Waals surface area contributed by atoms with Crippen molar-refractivity contribution in [1.29, 1.82) is 0 Å². The maximum Gasteiger partial charge on any atom is 0.260 e. The molecule has 0 radical (unpaired) electrons. The molecule has 110 valence electrons. The molecule has 20 heavy (non-hydrogen) atoms. The van der Waals surface area contributed by atoms with Gasteiger partial charge in [0.1, 0.15) is 17.2 Å². The van der Waals surface area contributed by atoms with Gasteiger partial charge in [-0.3, -0.25) is 4.79 Å². The highest BCUT2D eigenvalue weighted by Gasteiger charge is 2.31. The number of amides is 1. The Kier molecular flexibility index (Phi) is 5.14. The molecule has 7 heteroatoms. The molecule has 1 amide bonds. The average Bonchev–Trinajstić information content (AvgIpc) is 2.36. The normalized spacial score (nSPS) is 22.9. The Hall–Kier alpha value is -0.530. The highest BCUT2D eigenvalue weighted by Crippen LogP contribution is 2.23. The summed E-state index contributed by atoms with van der Waals surface area (Å²) in [7, 11) is 0. The molecule has 0 N–H and O–H groups in total. The predicted molar refractivity (Wildman–Crippen MR) is 78.1 cm³/mol. The zero-order valence-electron chi connectivity index (χ0n) is 10.7. The summed E-state index contributed by atoms with van der Waals surface area (Å²) in [5.41, 5.74) is -0.518. The first-order valence-corrected chi connectivity index (χ1v) is 7.99. The van der Waals surface area contributed by atoms with Crippen LogP contribution in [-0.4, -0.2) is 41.4 Å². The van der Waals surface area contributed by atoms with E-state index < -0.39 is 23.1 Å². The van der Waals surface area contributed by atoms with Crippen LogP contribution in [0.15, 0.2) is 16.6 Å². The zero-order valence-corrected chi connectivity index (χ0v) is 13.9. The topological polar surface area (TPSA) is 29.5 Å². The van der Waals surface area contributed by atoms with Gasteiger partial charge in [0.2, 0.25) is 0 Å². The number of hydrogen-bond donors (Lipinski definition) is 0. The quantitative estimate of drug-likeness (QED) is 0.697. The molecule has 1 aliphatic heterocycles. The number of benzene rings is 1. The van der Waals surface area contributed by atoms with Crippen LogP contribution in [0.25, 0.3) is 0 Å². The summed E-state index contributed by atoms with van der Waals surface area (Å²) < 4.78 is 33.5. The largest absolute Gasteiger partial charge is 0.371 e. The minimum atomic E-state index is -0.864. The van der Waals surface area contributed by atoms with Gasteiger partial charge in [-0.2, -0.15) is 0 Å². The summed E-state index contributed by atoms with van der Waals surface area (Å²) in [6, 6.07) is 2.17. The molecule has 1 saturated heterocycles. The number of ether oxygens (including phenoxy) is 1. The van der Waals surface area contributed by atoms with Gasteiger partial charge in [0.05, 0.1) is 12.2 Å². The van der Waals surface area contributed by atoms with Crippen molar-refractivity contribution >= 4 is 37.8 Å². The summed E-state index contributed by atoms with van der Waals surface area (Å²) >= 11 is 6.28. The fourth-order valence-electron chi connectivity index (χ4n) is 2.20. The number of rotatable bonds is 2. The molecule has 0 saturated carbocycles. The van der Waals surface area contributed by atoms with Gasteiger partial charge in [0.15, 0.2) is 0 Å². The number of nitrogens with zero attached hydrogens (tertiary/aromatic N) is 1. The zero-order chi connectivity index (χ0) is 14.9. The van der Waals surface area contributed by atoms with Crippen LogP contribution in [0.3, 0.4) is 0 Å². The first-order chi connectivity index (χ1) is 9.42. The summed E-state index contributed by atoms with van der Waals surface area (Å²) in [6.45, 7) is 2.45. The number of halogens is 4. The third-order valence-electron chi connectivity index (χ3n) is 3.01. The Morgan fingerprint density at radius 2 is 2.00 bits per heavy atom. The van der Waals surface area contributed by atoms with E-state index in [0.717, 1.165) is 12.1 Å². The van der Waals surface area contributed by atoms with E-state index in [9.17, 15) is 13.6 Å². The van der Waals surface area contributed by atoms with Crippen molar-refractivity contribution in [3.63, 3.8) is 0 Å². The maximum atomic E-state index is 13.8. The second-order valence-corrected chi connectivity index (χ2v) is 6.24. The monoisotopic (exact) mass is 411 g/mol. The molecule has 0 spiro atoms. The van der Waals surface area contributed by atoms with Crippen LogP contribution in [0.5, 0.6) is 0 Å². The molecule has 0 aliphatic carbocycles. The molecular weight excluding hydrogens is 400 g/mol. The smallest absolute Gasteiger partial charge is 0.260 e. The summed E-state index contributed by atoms with van der Waals surface area (Å²) in [5, 5.41) is 0.562. The Morgan fingerprint density at radius 1 is 1.40 bits per heavy atom. The SMILES string of the molecule is CC1CN(C(=O)c2c(F)cc(Br)cc2F)CC(CBr)O1. The van der Waals surface area contributed by atoms with E-state index >= 15 is 0 Å². The summed E-state index contributed by atoms with van der Waals surface area (Å²) in [4.78, 5) is 13.7. The molecule has 1 heterocycles. The highest BCUT2D eigenvalue weighted by atomic mass is 79.9. The Balaban J connectivity index is 2.27. The molecule has 0 aromatic heterocycles. The van der Waals surface area contributed by atoms with Crippen molar-refractivity contribution in [2.75, 3.05) is 18.4 Å². The molecule has 3 nitrogen and oxygen atoms in total. The average molecular weight is 413 g/mol. The fourth-order valence-corrected chi connectivity index (χ4v) is 2.96. The van der Waals surface area contributed by atoms with Crippen molar-refractivity contribution in [3.05, 3.63) is 33.8 Å². The van der Waals surface area contributed by atoms with E-state index in [0.29, 0.717) is 18.4 Å². The number of carbonyl (C=O) groups excluding carboxylic acids is 1. The van der Waals surface area contributed by atoms with Crippen LogP contribution in [-0.2, 0) is 4.74 Å². The first-order valence-electron chi connectivity index (χ1n) is 6.07. The van der Waals surface area contributed by atoms with Crippen LogP contribution in [0.4, 0.5) is 8.78 Å². The van der Waals surface area contributed by atoms with Crippen LogP contribution in [0.1, 0.15) is 17.3 Å². The van der Waals surface area contributed by atoms with Crippen LogP contribution in [0.2, 0.25) is 0 Å². The van der Waals surface area contributed by atoms with E-state index in [-0.39, 0.29) is 16.7 Å². The number of carbonyl (C=O) groups is 1. The Labute approximate surface area is 132 Å². The molecular formula is C13H13Br2F2NO2. The van der Waals surface area contributed by atoms with Gasteiger partial charge < -0.3 is 9.64 Å². The van der Waals surface area contributed by atoms with Crippen molar-refractivity contribution in [2.45, 2.75) is 19.1 Å². The lowest BCUT2D eigenvalue weighted by Crippen LogP contribution is -2.50. The second-order valence-electron chi connectivity index (χ2n) is 4.68. The van der Waals surface area contributed by atoms with Crippen molar-refractivity contribution in [1.82, 2.24) is 4.90 Å². The molecule has 1 aromatic carbocycles. The van der Waals surface area contributed by atoms with Crippen LogP contribution in [0, 0.1) is 11.6 Å². The van der Waals surface area contributed by atoms with Gasteiger partial charge in [-0.25, -0.2) is 8.78 Å². The second kappa shape index (κ2) is 6.49. The van der Waals surface area contributed by atoms with Crippen molar-refractivity contribution < 1.29 is 18.3 Å². The number of morpholine rings is 1. The van der Waals surface area contributed by atoms with Gasteiger partial charge in [0.25, 0.3) is 5.91 Å². The number of alkyl halides is 1. The molecule has 2 atom stereocenters. The minimum Gasteiger partial charge on any atom is -0.371 e. The summed E-state index contributed by atoms with van der Waals surface area (Å²) in [5.74, 6) is -2.37. The molecule has 2 unspecified atom stereocenters. The molecule has 2 rings (SSSR count). The van der Waals surface area contributed by atoms with E-state index in [1.54, 1.807) is 0 Å². The van der Waals surface area contributed by atoms with E-state index in [2.05, 4.69) is 31.9 Å². The Bertz CT molecular complexity index is 504. The van der Waals surface area contributed by atoms with Crippen molar-refractivity contribution in [2.24, 2.45) is 0 Å². The van der Waals surface area contributed by atoms with E-state index in [1.165, 1.54) is 4.90 Å². The molecule has 1 aromatic rings. The van der Waals surface area contributed by atoms with Gasteiger partial charge in [-0.05, 0) is 19.1 Å². The fraction of sp³-hybridized carbons (Fsp3) is 0.462. The van der Waals surface area contributed by atoms with E-state index in [4.69, 9.17) is 4.74 Å². The van der Waals surface area contributed by atoms with Gasteiger partial charge >= 0.3 is 0 Å². The maximum absolute atomic E-state index is 13.8. The standard InChI is InChI=1S/C13H13Br2F2NO2/c1-7-5-18(6-9(4-14)20-7)13(19)12-10(16)2-8(15)3-11(12)17/h2-3,7,9H,4-6H2,1H3. The van der Waals surface area contributed by atoms with E-state index in [1.807, 2.05) is 6.92 Å². The van der Waals surface area contributed by atoms with Crippen molar-refractivity contribution in [3.8, 4) is 0 Å². The molecule has 1 aliphatic rings. The lowest BCUT2D eigenvalue weighted by molar-refractivity contribution is -0.0561. The summed E-state index contributed by atoms with van der Waals surface area (Å²) in [6.07, 6.45) is -0.346. The molecule has 1 fully saturated rings. The highest BCUT2D eigenvalue weighted by molar-refractivity contribution is 9.10. The lowest BCUT2D eigenvalue weighted by Gasteiger charge is -2.36. The first kappa shape index (κ1) is 15.9. The predicted octanol–water partition coefficient (Wildman–Crippen LogP) is 3.35. The van der Waals surface area contributed by atoms with Gasteiger partial charge in [0, 0.05) is 22.9 Å². The van der Waals surface area contributed by atoms with Crippen LogP contribution < -0.4 is 0 Å². The third-order valence-corrected chi connectivity index (χ3v) is 4.19. The van der Waals surface area contributed by atoms with Gasteiger partial charge in [-0.15, -0.1) is 0 Å². The molecule has 0 bridgehead atoms.